The maximum absolute atomic E-state index is 14.8. The van der Waals surface area contributed by atoms with Gasteiger partial charge in [-0.25, -0.2) is 14.0 Å². The Morgan fingerprint density at radius 1 is 1.10 bits per heavy atom. The number of carbonyl (C=O) groups excluding carboxylic acids is 2. The molecule has 9 nitrogen and oxygen atoms in total. The summed E-state index contributed by atoms with van der Waals surface area (Å²) in [5.74, 6) is -0.0609. The Morgan fingerprint density at radius 3 is 2.70 bits per heavy atom. The molecule has 1 fully saturated rings. The number of aliphatic hydroxyl groups excluding tert-OH is 1. The largest absolute Gasteiger partial charge is 0.457 e. The number of rotatable bonds is 6. The molecule has 2 atom stereocenters. The lowest BCUT2D eigenvalue weighted by Gasteiger charge is -2.36. The fourth-order valence-corrected chi connectivity index (χ4v) is 4.91. The number of piperidine rings is 1. The Hall–Kier alpha value is -4.54. The third kappa shape index (κ3) is 6.19. The number of benzene rings is 2. The average Bonchev–Trinajstić information content (AvgIpc) is 3.40. The number of anilines is 2. The van der Waals surface area contributed by atoms with Crippen LogP contribution in [0.4, 0.5) is 20.6 Å². The van der Waals surface area contributed by atoms with Crippen molar-refractivity contribution in [1.29, 1.82) is 0 Å². The summed E-state index contributed by atoms with van der Waals surface area (Å²) >= 11 is 0. The van der Waals surface area contributed by atoms with Crippen LogP contribution >= 0.6 is 0 Å². The molecule has 2 aromatic heterocycles. The molecule has 1 aliphatic rings. The van der Waals surface area contributed by atoms with Crippen LogP contribution in [-0.4, -0.2) is 57.7 Å². The summed E-state index contributed by atoms with van der Waals surface area (Å²) in [6, 6.07) is 15.9. The maximum atomic E-state index is 14.8. The lowest BCUT2D eigenvalue weighted by molar-refractivity contribution is -0.838. The zero-order valence-corrected chi connectivity index (χ0v) is 22.3. The molecule has 4 aromatic rings. The standard InChI is InChI=1S/C30H30FN5O4/c1-19-5-3-6-21(13-19)34-30(39)35-26-9-8-23(15-25(26)31)40-24-10-11-32-28(16-24)27-14-20(17-33-27)29(38)36(2)12-4-7-22(37)18-36/h3,5-6,8-11,13-17,22,37H,4,7,12,18H2,1-2H3,(H2-,32,33,34,35,38,39)/p+1. The highest BCUT2D eigenvalue weighted by Crippen LogP contribution is 2.29. The number of pyridine rings is 1. The molecule has 40 heavy (non-hydrogen) atoms. The van der Waals surface area contributed by atoms with Gasteiger partial charge in [0.2, 0.25) is 0 Å². The number of quaternary nitrogens is 1. The number of likely N-dealkylation sites (N-methyl/N-ethyl adjacent to an activating group) is 1. The van der Waals surface area contributed by atoms with Crippen molar-refractivity contribution < 1.29 is 28.3 Å². The molecule has 2 unspecified atom stereocenters. The third-order valence-electron chi connectivity index (χ3n) is 6.93. The van der Waals surface area contributed by atoms with Crippen LogP contribution < -0.4 is 15.4 Å². The van der Waals surface area contributed by atoms with Gasteiger partial charge in [0, 0.05) is 30.2 Å². The Kier molecular flexibility index (Phi) is 7.63. The molecule has 10 heteroatoms. The minimum absolute atomic E-state index is 0.00841. The summed E-state index contributed by atoms with van der Waals surface area (Å²) in [6.45, 7) is 2.98. The van der Waals surface area contributed by atoms with Crippen LogP contribution in [0.25, 0.3) is 11.4 Å². The normalized spacial score (nSPS) is 18.6. The number of aromatic amines is 1. The number of aliphatic hydroxyl groups is 1. The first-order chi connectivity index (χ1) is 19.2. The highest BCUT2D eigenvalue weighted by atomic mass is 19.1. The SMILES string of the molecule is Cc1cccc(NC(=O)Nc2ccc(Oc3ccnc(-c4cc(C(=O)[N+]5(C)CCCC(O)C5)c[nH]4)c3)cc2F)c1. The molecule has 1 aliphatic heterocycles. The number of urea groups is 1. The van der Waals surface area contributed by atoms with Gasteiger partial charge in [0.05, 0.1) is 36.2 Å². The number of hydrogen-bond acceptors (Lipinski definition) is 5. The molecule has 0 aliphatic carbocycles. The first-order valence-corrected chi connectivity index (χ1v) is 13.0. The van der Waals surface area contributed by atoms with Crippen molar-refractivity contribution in [2.24, 2.45) is 0 Å². The van der Waals surface area contributed by atoms with Crippen LogP contribution in [0.5, 0.6) is 11.5 Å². The maximum Gasteiger partial charge on any atom is 0.347 e. The highest BCUT2D eigenvalue weighted by Gasteiger charge is 2.38. The van der Waals surface area contributed by atoms with Crippen LogP contribution in [0.15, 0.2) is 73.1 Å². The van der Waals surface area contributed by atoms with Gasteiger partial charge < -0.3 is 25.5 Å². The van der Waals surface area contributed by atoms with Crippen molar-refractivity contribution in [3.63, 3.8) is 0 Å². The number of carbonyl (C=O) groups is 2. The monoisotopic (exact) mass is 544 g/mol. The van der Waals surface area contributed by atoms with Gasteiger partial charge in [0.25, 0.3) is 0 Å². The highest BCUT2D eigenvalue weighted by molar-refractivity contribution is 5.99. The zero-order valence-electron chi connectivity index (χ0n) is 22.3. The van der Waals surface area contributed by atoms with Gasteiger partial charge in [-0.3, -0.25) is 9.47 Å². The van der Waals surface area contributed by atoms with Crippen molar-refractivity contribution in [3.8, 4) is 22.9 Å². The smallest absolute Gasteiger partial charge is 0.347 e. The molecule has 3 amide bonds. The van der Waals surface area contributed by atoms with Crippen LogP contribution in [0.2, 0.25) is 0 Å². The first-order valence-electron chi connectivity index (χ1n) is 13.0. The lowest BCUT2D eigenvalue weighted by atomic mass is 10.0. The Labute approximate surface area is 231 Å². The van der Waals surface area contributed by atoms with Gasteiger partial charge in [-0.1, -0.05) is 12.1 Å². The summed E-state index contributed by atoms with van der Waals surface area (Å²) < 4.78 is 20.8. The summed E-state index contributed by atoms with van der Waals surface area (Å²) in [5, 5.41) is 15.2. The van der Waals surface area contributed by atoms with Crippen molar-refractivity contribution in [1.82, 2.24) is 9.97 Å². The van der Waals surface area contributed by atoms with Crippen molar-refractivity contribution in [2.75, 3.05) is 30.8 Å². The van der Waals surface area contributed by atoms with Gasteiger partial charge in [-0.15, -0.1) is 0 Å². The van der Waals surface area contributed by atoms with Crippen molar-refractivity contribution in [2.45, 2.75) is 25.9 Å². The summed E-state index contributed by atoms with van der Waals surface area (Å²) in [4.78, 5) is 33.0. The number of nitrogens with zero attached hydrogens (tertiary/aromatic N) is 2. The Morgan fingerprint density at radius 2 is 1.93 bits per heavy atom. The molecule has 4 N–H and O–H groups in total. The number of hydrogen-bond donors (Lipinski definition) is 4. The fourth-order valence-electron chi connectivity index (χ4n) is 4.91. The third-order valence-corrected chi connectivity index (χ3v) is 6.93. The molecule has 0 saturated carbocycles. The van der Waals surface area contributed by atoms with Crippen LogP contribution in [0.1, 0.15) is 28.8 Å². The van der Waals surface area contributed by atoms with Gasteiger partial charge in [-0.05, 0) is 61.7 Å². The topological polar surface area (TPSA) is 116 Å². The minimum atomic E-state index is -0.654. The van der Waals surface area contributed by atoms with E-state index in [4.69, 9.17) is 4.74 Å². The zero-order chi connectivity index (χ0) is 28.3. The predicted molar refractivity (Wildman–Crippen MR) is 150 cm³/mol. The van der Waals surface area contributed by atoms with E-state index in [9.17, 15) is 19.1 Å². The van der Waals surface area contributed by atoms with Crippen LogP contribution in [0.3, 0.4) is 0 Å². The molecular weight excluding hydrogens is 513 g/mol. The van der Waals surface area contributed by atoms with Gasteiger partial charge in [0.15, 0.2) is 0 Å². The van der Waals surface area contributed by atoms with E-state index in [0.717, 1.165) is 12.0 Å². The molecular formula is C30H31FN5O4+. The van der Waals surface area contributed by atoms with E-state index in [0.29, 0.717) is 47.9 Å². The molecule has 0 bridgehead atoms. The average molecular weight is 545 g/mol. The molecule has 0 spiro atoms. The van der Waals surface area contributed by atoms with Crippen molar-refractivity contribution in [3.05, 3.63) is 90.0 Å². The minimum Gasteiger partial charge on any atom is -0.457 e. The van der Waals surface area contributed by atoms with Gasteiger partial charge >= 0.3 is 11.9 Å². The number of ether oxygens (including phenoxy) is 1. The van der Waals surface area contributed by atoms with Crippen LogP contribution in [-0.2, 0) is 0 Å². The van der Waals surface area contributed by atoms with E-state index < -0.39 is 18.0 Å². The second-order valence-electron chi connectivity index (χ2n) is 10.3. The quantitative estimate of drug-likeness (QED) is 0.232. The molecule has 206 valence electrons. The number of aromatic nitrogens is 2. The molecule has 5 rings (SSSR count). The van der Waals surface area contributed by atoms with E-state index in [2.05, 4.69) is 20.6 Å². The summed E-state index contributed by atoms with van der Waals surface area (Å²) in [5.41, 5.74) is 3.29. The number of amides is 3. The molecule has 1 saturated heterocycles. The second-order valence-corrected chi connectivity index (χ2v) is 10.3. The van der Waals surface area contributed by atoms with E-state index in [1.165, 1.54) is 12.1 Å². The second kappa shape index (κ2) is 11.3. The van der Waals surface area contributed by atoms with Gasteiger partial charge in [0.1, 0.15) is 30.0 Å². The summed E-state index contributed by atoms with van der Waals surface area (Å²) in [6.07, 6.45) is 4.22. The van der Waals surface area contributed by atoms with E-state index in [1.54, 1.807) is 42.7 Å². The number of H-pyrrole nitrogens is 1. The number of likely N-dealkylation sites (tertiary alicyclic amines) is 1. The van der Waals surface area contributed by atoms with Crippen molar-refractivity contribution >= 4 is 23.3 Å². The van der Waals surface area contributed by atoms with Crippen LogP contribution in [0, 0.1) is 12.7 Å². The Balaban J connectivity index is 1.25. The number of nitrogens with one attached hydrogen (secondary N) is 3. The fraction of sp³-hybridized carbons (Fsp3) is 0.233. The molecule has 2 aromatic carbocycles. The first kappa shape index (κ1) is 27.0. The Bertz CT molecular complexity index is 1550. The lowest BCUT2D eigenvalue weighted by Crippen LogP contribution is -2.56. The number of halogens is 1. The number of aryl methyl sites for hydroxylation is 1. The van der Waals surface area contributed by atoms with E-state index >= 15 is 0 Å². The van der Waals surface area contributed by atoms with E-state index in [1.807, 2.05) is 32.2 Å². The summed E-state index contributed by atoms with van der Waals surface area (Å²) in [7, 11) is 1.85. The van der Waals surface area contributed by atoms with Gasteiger partial charge in [-0.2, -0.15) is 0 Å². The van der Waals surface area contributed by atoms with E-state index in [-0.39, 0.29) is 21.8 Å². The molecule has 0 radical (unpaired) electrons. The molecule has 3 heterocycles. The predicted octanol–water partition coefficient (Wildman–Crippen LogP) is 5.70.